The minimum atomic E-state index is -3.60. The van der Waals surface area contributed by atoms with E-state index in [4.69, 9.17) is 0 Å². The molecule has 1 aromatic heterocycles. The highest BCUT2D eigenvalue weighted by Crippen LogP contribution is 2.26. The predicted molar refractivity (Wildman–Crippen MR) is 135 cm³/mol. The van der Waals surface area contributed by atoms with E-state index in [1.54, 1.807) is 12.1 Å². The molecule has 2 aromatic carbocycles. The summed E-state index contributed by atoms with van der Waals surface area (Å²) >= 11 is 0. The summed E-state index contributed by atoms with van der Waals surface area (Å²) in [6, 6.07) is 11.9. The zero-order valence-corrected chi connectivity index (χ0v) is 21.7. The first-order valence-electron chi connectivity index (χ1n) is 11.8. The Balaban J connectivity index is 1.45. The summed E-state index contributed by atoms with van der Waals surface area (Å²) in [5.41, 5.74) is 5.71. The molecule has 0 bridgehead atoms. The van der Waals surface area contributed by atoms with Gasteiger partial charge in [-0.3, -0.25) is 9.69 Å². The van der Waals surface area contributed by atoms with E-state index in [1.807, 2.05) is 62.3 Å². The molecule has 186 valence electrons. The molecule has 0 unspecified atom stereocenters. The van der Waals surface area contributed by atoms with Gasteiger partial charge in [0.2, 0.25) is 10.0 Å². The number of hydrogen-bond donors (Lipinski definition) is 0. The van der Waals surface area contributed by atoms with E-state index in [0.717, 1.165) is 33.8 Å². The molecule has 6 nitrogen and oxygen atoms in total. The normalized spacial score (nSPS) is 15.5. The maximum Gasteiger partial charge on any atom is 0.243 e. The Morgan fingerprint density at radius 2 is 1.46 bits per heavy atom. The van der Waals surface area contributed by atoms with Crippen molar-refractivity contribution in [2.75, 3.05) is 32.7 Å². The zero-order chi connectivity index (χ0) is 25.5. The highest BCUT2D eigenvalue weighted by atomic mass is 32.2. The lowest BCUT2D eigenvalue weighted by Crippen LogP contribution is -2.50. The molecular weight excluding hydrogens is 465 g/mol. The molecule has 0 aliphatic carbocycles. The van der Waals surface area contributed by atoms with Gasteiger partial charge in [-0.1, -0.05) is 17.7 Å². The van der Waals surface area contributed by atoms with E-state index in [9.17, 15) is 17.6 Å². The second-order valence-electron chi connectivity index (χ2n) is 9.43. The van der Waals surface area contributed by atoms with Crippen molar-refractivity contribution >= 4 is 15.8 Å². The van der Waals surface area contributed by atoms with Crippen LogP contribution in [-0.4, -0.2) is 60.7 Å². The fourth-order valence-electron chi connectivity index (χ4n) is 5.15. The number of rotatable bonds is 6. The Morgan fingerprint density at radius 1 is 0.886 bits per heavy atom. The van der Waals surface area contributed by atoms with Crippen LogP contribution in [0, 0.1) is 40.4 Å². The third-order valence-corrected chi connectivity index (χ3v) is 8.92. The van der Waals surface area contributed by atoms with Crippen LogP contribution >= 0.6 is 0 Å². The van der Waals surface area contributed by atoms with Crippen LogP contribution in [0.1, 0.15) is 38.4 Å². The molecule has 0 radical (unpaired) electrons. The number of aromatic nitrogens is 1. The molecule has 2 heterocycles. The Bertz CT molecular complexity index is 1350. The lowest BCUT2D eigenvalue weighted by atomic mass is 10.1. The van der Waals surface area contributed by atoms with Crippen molar-refractivity contribution in [1.29, 1.82) is 0 Å². The smallest absolute Gasteiger partial charge is 0.243 e. The summed E-state index contributed by atoms with van der Waals surface area (Å²) in [6.45, 7) is 11.3. The van der Waals surface area contributed by atoms with Gasteiger partial charge in [-0.05, 0) is 76.1 Å². The first kappa shape index (κ1) is 25.3. The van der Waals surface area contributed by atoms with Crippen molar-refractivity contribution in [2.45, 2.75) is 39.5 Å². The van der Waals surface area contributed by atoms with Crippen LogP contribution in [0.15, 0.2) is 47.4 Å². The molecule has 1 fully saturated rings. The topological polar surface area (TPSA) is 62.6 Å². The molecule has 1 saturated heterocycles. The fourth-order valence-corrected chi connectivity index (χ4v) is 6.99. The van der Waals surface area contributed by atoms with Gasteiger partial charge in [0, 0.05) is 48.8 Å². The maximum absolute atomic E-state index is 13.3. The Kier molecular flexibility index (Phi) is 6.99. The molecule has 8 heteroatoms. The van der Waals surface area contributed by atoms with E-state index in [1.165, 1.54) is 16.4 Å². The Labute approximate surface area is 207 Å². The first-order valence-corrected chi connectivity index (χ1v) is 13.2. The lowest BCUT2D eigenvalue weighted by Gasteiger charge is -2.34. The molecule has 0 atom stereocenters. The van der Waals surface area contributed by atoms with Gasteiger partial charge in [0.1, 0.15) is 5.82 Å². The summed E-state index contributed by atoms with van der Waals surface area (Å²) in [4.78, 5) is 15.6. The highest BCUT2D eigenvalue weighted by molar-refractivity contribution is 7.89. The zero-order valence-electron chi connectivity index (χ0n) is 20.9. The van der Waals surface area contributed by atoms with E-state index in [-0.39, 0.29) is 18.1 Å². The minimum Gasteiger partial charge on any atom is -0.318 e. The average Bonchev–Trinajstić information content (AvgIpc) is 3.08. The lowest BCUT2D eigenvalue weighted by molar-refractivity contribution is 0.0901. The van der Waals surface area contributed by atoms with E-state index < -0.39 is 10.0 Å². The van der Waals surface area contributed by atoms with Crippen LogP contribution in [0.5, 0.6) is 0 Å². The number of nitrogens with zero attached hydrogens (tertiary/aromatic N) is 3. The molecule has 3 aromatic rings. The quantitative estimate of drug-likeness (QED) is 0.475. The summed E-state index contributed by atoms with van der Waals surface area (Å²) in [5, 5.41) is 0. The second-order valence-corrected chi connectivity index (χ2v) is 11.3. The standard InChI is InChI=1S/C27H32FN3O3S/c1-18-14-19(2)27(20(3)15-18)35(33,34)30-12-10-29(11-13-30)17-26(32)25-16-21(4)31(22(25)5)24-8-6-23(28)7-9-24/h6-9,14-16H,10-13,17H2,1-5H3. The van der Waals surface area contributed by atoms with Crippen LogP contribution < -0.4 is 0 Å². The molecule has 0 N–H and O–H groups in total. The van der Waals surface area contributed by atoms with Gasteiger partial charge >= 0.3 is 0 Å². The first-order chi connectivity index (χ1) is 16.5. The molecule has 0 amide bonds. The molecule has 0 spiro atoms. The van der Waals surface area contributed by atoms with Crippen molar-refractivity contribution in [2.24, 2.45) is 0 Å². The third kappa shape index (κ3) is 4.96. The summed E-state index contributed by atoms with van der Waals surface area (Å²) in [7, 11) is -3.60. The molecule has 1 aliphatic heterocycles. The van der Waals surface area contributed by atoms with Crippen molar-refractivity contribution in [1.82, 2.24) is 13.8 Å². The predicted octanol–water partition coefficient (Wildman–Crippen LogP) is 4.35. The SMILES string of the molecule is Cc1cc(C)c(S(=O)(=O)N2CCN(CC(=O)c3cc(C)n(-c4ccc(F)cc4)c3C)CC2)c(C)c1. The molecule has 1 aliphatic rings. The molecule has 4 rings (SSSR count). The highest BCUT2D eigenvalue weighted by Gasteiger charge is 2.31. The molecule has 0 saturated carbocycles. The van der Waals surface area contributed by atoms with Gasteiger partial charge in [0.25, 0.3) is 0 Å². The minimum absolute atomic E-state index is 0.00649. The van der Waals surface area contributed by atoms with Crippen molar-refractivity contribution in [3.8, 4) is 5.69 Å². The number of benzene rings is 2. The maximum atomic E-state index is 13.3. The van der Waals surface area contributed by atoms with E-state index in [0.29, 0.717) is 36.6 Å². The monoisotopic (exact) mass is 497 g/mol. The average molecular weight is 498 g/mol. The van der Waals surface area contributed by atoms with Crippen molar-refractivity contribution < 1.29 is 17.6 Å². The molecule has 35 heavy (non-hydrogen) atoms. The summed E-state index contributed by atoms with van der Waals surface area (Å²) in [5.74, 6) is -0.311. The van der Waals surface area contributed by atoms with Crippen LogP contribution in [0.4, 0.5) is 4.39 Å². The number of piperazine rings is 1. The largest absolute Gasteiger partial charge is 0.318 e. The van der Waals surface area contributed by atoms with Gasteiger partial charge in [0.15, 0.2) is 5.78 Å². The van der Waals surface area contributed by atoms with Gasteiger partial charge in [0.05, 0.1) is 11.4 Å². The third-order valence-electron chi connectivity index (χ3n) is 6.72. The Morgan fingerprint density at radius 3 is 2.03 bits per heavy atom. The summed E-state index contributed by atoms with van der Waals surface area (Å²) in [6.07, 6.45) is 0. The fraction of sp³-hybridized carbons (Fsp3) is 0.370. The number of halogens is 1. The number of ketones is 1. The Hall–Kier alpha value is -2.81. The van der Waals surface area contributed by atoms with Gasteiger partial charge in [-0.15, -0.1) is 0 Å². The summed E-state index contributed by atoms with van der Waals surface area (Å²) < 4.78 is 43.5. The van der Waals surface area contributed by atoms with Crippen molar-refractivity contribution in [3.63, 3.8) is 0 Å². The van der Waals surface area contributed by atoms with Gasteiger partial charge in [-0.2, -0.15) is 4.31 Å². The number of aryl methyl sites for hydroxylation is 4. The van der Waals surface area contributed by atoms with Crippen LogP contribution in [0.25, 0.3) is 5.69 Å². The molecular formula is C27H32FN3O3S. The van der Waals surface area contributed by atoms with Gasteiger partial charge in [-0.25, -0.2) is 12.8 Å². The van der Waals surface area contributed by atoms with Crippen LogP contribution in [0.3, 0.4) is 0 Å². The number of Topliss-reactive ketones (excluding diaryl/α,β-unsaturated/α-hetero) is 1. The van der Waals surface area contributed by atoms with Crippen molar-refractivity contribution in [3.05, 3.63) is 81.9 Å². The van der Waals surface area contributed by atoms with Crippen LogP contribution in [0.2, 0.25) is 0 Å². The van der Waals surface area contributed by atoms with E-state index >= 15 is 0 Å². The van der Waals surface area contributed by atoms with Crippen LogP contribution in [-0.2, 0) is 10.0 Å². The second kappa shape index (κ2) is 9.68. The van der Waals surface area contributed by atoms with E-state index in [2.05, 4.69) is 0 Å². The number of carbonyl (C=O) groups excluding carboxylic acids is 1. The van der Waals surface area contributed by atoms with Gasteiger partial charge < -0.3 is 4.57 Å². The number of hydrogen-bond acceptors (Lipinski definition) is 4. The number of carbonyl (C=O) groups is 1. The number of sulfonamides is 1.